The number of halogens is 1. The molecule has 0 saturated carbocycles. The van der Waals surface area contributed by atoms with Gasteiger partial charge in [-0.2, -0.15) is 0 Å². The van der Waals surface area contributed by atoms with E-state index in [-0.39, 0.29) is 5.91 Å². The zero-order chi connectivity index (χ0) is 14.5. The van der Waals surface area contributed by atoms with Crippen molar-refractivity contribution in [1.82, 2.24) is 5.32 Å². The standard InChI is InChI=1S/C14H19ClN2O3/c1-19-13-7-12(16)11(15)6-10(13)14(18)17-8-9-2-4-20-5-3-9/h6-7,9H,2-5,8,16H2,1H3,(H,17,18). The molecule has 0 unspecified atom stereocenters. The van der Waals surface area contributed by atoms with Crippen LogP contribution in [0.15, 0.2) is 12.1 Å². The molecule has 0 radical (unpaired) electrons. The van der Waals surface area contributed by atoms with Crippen LogP contribution in [0.3, 0.4) is 0 Å². The number of ether oxygens (including phenoxy) is 2. The molecule has 5 nitrogen and oxygen atoms in total. The van der Waals surface area contributed by atoms with Gasteiger partial charge in [-0.3, -0.25) is 4.79 Å². The molecule has 1 fully saturated rings. The third kappa shape index (κ3) is 3.55. The molecule has 1 heterocycles. The van der Waals surface area contributed by atoms with Gasteiger partial charge in [-0.15, -0.1) is 0 Å². The van der Waals surface area contributed by atoms with Crippen LogP contribution in [0, 0.1) is 5.92 Å². The lowest BCUT2D eigenvalue weighted by Crippen LogP contribution is -2.32. The van der Waals surface area contributed by atoms with Crippen molar-refractivity contribution in [2.24, 2.45) is 5.92 Å². The van der Waals surface area contributed by atoms with Crippen LogP contribution in [0.4, 0.5) is 5.69 Å². The number of nitrogen functional groups attached to an aromatic ring is 1. The molecule has 110 valence electrons. The average Bonchev–Trinajstić information content (AvgIpc) is 2.48. The SMILES string of the molecule is COc1cc(N)c(Cl)cc1C(=O)NCC1CCOCC1. The molecule has 1 amide bonds. The van der Waals surface area contributed by atoms with Crippen LogP contribution in [-0.2, 0) is 4.74 Å². The smallest absolute Gasteiger partial charge is 0.255 e. The monoisotopic (exact) mass is 298 g/mol. The second kappa shape index (κ2) is 6.81. The van der Waals surface area contributed by atoms with Crippen molar-refractivity contribution in [1.29, 1.82) is 0 Å². The molecule has 1 aliphatic rings. The van der Waals surface area contributed by atoms with Crippen molar-refractivity contribution in [2.45, 2.75) is 12.8 Å². The number of methoxy groups -OCH3 is 1. The quantitative estimate of drug-likeness (QED) is 0.835. The molecule has 0 bridgehead atoms. The van der Waals surface area contributed by atoms with E-state index in [1.54, 1.807) is 6.07 Å². The molecule has 3 N–H and O–H groups in total. The zero-order valence-corrected chi connectivity index (χ0v) is 12.2. The van der Waals surface area contributed by atoms with E-state index in [9.17, 15) is 4.79 Å². The fourth-order valence-corrected chi connectivity index (χ4v) is 2.36. The number of rotatable bonds is 4. The molecular formula is C14H19ClN2O3. The number of carbonyl (C=O) groups excluding carboxylic acids is 1. The Bertz CT molecular complexity index is 488. The average molecular weight is 299 g/mol. The number of nitrogens with two attached hydrogens (primary N) is 1. The number of anilines is 1. The van der Waals surface area contributed by atoms with Crippen LogP contribution in [0.2, 0.25) is 5.02 Å². The van der Waals surface area contributed by atoms with E-state index < -0.39 is 0 Å². The topological polar surface area (TPSA) is 73.6 Å². The lowest BCUT2D eigenvalue weighted by Gasteiger charge is -2.22. The Morgan fingerprint density at radius 3 is 2.85 bits per heavy atom. The summed E-state index contributed by atoms with van der Waals surface area (Å²) in [4.78, 5) is 12.2. The van der Waals surface area contributed by atoms with Gasteiger partial charge in [0.05, 0.1) is 23.4 Å². The Labute approximate surface area is 123 Å². The minimum Gasteiger partial charge on any atom is -0.496 e. The predicted molar refractivity (Wildman–Crippen MR) is 78.3 cm³/mol. The second-order valence-corrected chi connectivity index (χ2v) is 5.25. The van der Waals surface area contributed by atoms with Crippen molar-refractivity contribution >= 4 is 23.2 Å². The highest BCUT2D eigenvalue weighted by Gasteiger charge is 2.18. The maximum Gasteiger partial charge on any atom is 0.255 e. The summed E-state index contributed by atoms with van der Waals surface area (Å²) >= 11 is 5.96. The van der Waals surface area contributed by atoms with Crippen molar-refractivity contribution in [2.75, 3.05) is 32.6 Å². The van der Waals surface area contributed by atoms with Gasteiger partial charge in [0.25, 0.3) is 5.91 Å². The fourth-order valence-electron chi connectivity index (χ4n) is 2.20. The number of amides is 1. The molecule has 0 aliphatic carbocycles. The zero-order valence-electron chi connectivity index (χ0n) is 11.4. The van der Waals surface area contributed by atoms with Gasteiger partial charge in [-0.25, -0.2) is 0 Å². The first-order valence-corrected chi connectivity index (χ1v) is 6.98. The van der Waals surface area contributed by atoms with Crippen LogP contribution in [0.5, 0.6) is 5.75 Å². The third-order valence-electron chi connectivity index (χ3n) is 3.46. The third-order valence-corrected chi connectivity index (χ3v) is 3.78. The van der Waals surface area contributed by atoms with Gasteiger partial charge in [0.2, 0.25) is 0 Å². The highest BCUT2D eigenvalue weighted by atomic mass is 35.5. The first-order chi connectivity index (χ1) is 9.61. The first kappa shape index (κ1) is 14.9. The number of benzene rings is 1. The van der Waals surface area contributed by atoms with Gasteiger partial charge in [-0.05, 0) is 24.8 Å². The Balaban J connectivity index is 2.02. The molecular weight excluding hydrogens is 280 g/mol. The molecule has 0 aromatic heterocycles. The maximum absolute atomic E-state index is 12.2. The van der Waals surface area contributed by atoms with Crippen LogP contribution in [-0.4, -0.2) is 32.8 Å². The molecule has 0 spiro atoms. The molecule has 1 aromatic rings. The van der Waals surface area contributed by atoms with Gasteiger partial charge < -0.3 is 20.5 Å². The maximum atomic E-state index is 12.2. The molecule has 0 atom stereocenters. The number of hydrogen-bond acceptors (Lipinski definition) is 4. The Hall–Kier alpha value is -1.46. The lowest BCUT2D eigenvalue weighted by molar-refractivity contribution is 0.0642. The van der Waals surface area contributed by atoms with E-state index in [0.29, 0.717) is 34.5 Å². The summed E-state index contributed by atoms with van der Waals surface area (Å²) in [6.45, 7) is 2.16. The van der Waals surface area contributed by atoms with Crippen molar-refractivity contribution in [3.8, 4) is 5.75 Å². The van der Waals surface area contributed by atoms with E-state index >= 15 is 0 Å². The summed E-state index contributed by atoms with van der Waals surface area (Å²) in [5, 5.41) is 3.27. The lowest BCUT2D eigenvalue weighted by atomic mass is 10.0. The van der Waals surface area contributed by atoms with Gasteiger partial charge in [0.15, 0.2) is 0 Å². The van der Waals surface area contributed by atoms with E-state index in [0.717, 1.165) is 26.1 Å². The summed E-state index contributed by atoms with van der Waals surface area (Å²) < 4.78 is 10.5. The van der Waals surface area contributed by atoms with Crippen LogP contribution < -0.4 is 15.8 Å². The van der Waals surface area contributed by atoms with Gasteiger partial charge in [0, 0.05) is 25.8 Å². The number of hydrogen-bond donors (Lipinski definition) is 2. The number of nitrogens with one attached hydrogen (secondary N) is 1. The van der Waals surface area contributed by atoms with Crippen LogP contribution >= 0.6 is 11.6 Å². The summed E-state index contributed by atoms with van der Waals surface area (Å²) in [5.41, 5.74) is 6.49. The van der Waals surface area contributed by atoms with Gasteiger partial charge in [-0.1, -0.05) is 11.6 Å². The second-order valence-electron chi connectivity index (χ2n) is 4.84. The van der Waals surface area contributed by atoms with Gasteiger partial charge in [0.1, 0.15) is 5.75 Å². The highest BCUT2D eigenvalue weighted by molar-refractivity contribution is 6.33. The van der Waals surface area contributed by atoms with E-state index in [4.69, 9.17) is 26.8 Å². The highest BCUT2D eigenvalue weighted by Crippen LogP contribution is 2.28. The van der Waals surface area contributed by atoms with E-state index in [1.165, 1.54) is 13.2 Å². The first-order valence-electron chi connectivity index (χ1n) is 6.60. The molecule has 1 aliphatic heterocycles. The van der Waals surface area contributed by atoms with Crippen molar-refractivity contribution < 1.29 is 14.3 Å². The van der Waals surface area contributed by atoms with Crippen molar-refractivity contribution in [3.63, 3.8) is 0 Å². The molecule has 1 aromatic carbocycles. The Kier molecular flexibility index (Phi) is 5.09. The number of carbonyl (C=O) groups is 1. The summed E-state index contributed by atoms with van der Waals surface area (Å²) in [6, 6.07) is 3.10. The fraction of sp³-hybridized carbons (Fsp3) is 0.500. The van der Waals surface area contributed by atoms with Gasteiger partial charge >= 0.3 is 0 Å². The van der Waals surface area contributed by atoms with Crippen LogP contribution in [0.25, 0.3) is 0 Å². The molecule has 1 saturated heterocycles. The molecule has 20 heavy (non-hydrogen) atoms. The summed E-state index contributed by atoms with van der Waals surface area (Å²) in [6.07, 6.45) is 1.94. The minimum absolute atomic E-state index is 0.199. The van der Waals surface area contributed by atoms with Crippen LogP contribution in [0.1, 0.15) is 23.2 Å². The van der Waals surface area contributed by atoms with Crippen molar-refractivity contribution in [3.05, 3.63) is 22.7 Å². The molecule has 2 rings (SSSR count). The predicted octanol–water partition coefficient (Wildman–Crippen LogP) is 2.09. The Morgan fingerprint density at radius 2 is 2.20 bits per heavy atom. The minimum atomic E-state index is -0.199. The molecule has 6 heteroatoms. The summed E-state index contributed by atoms with van der Waals surface area (Å²) in [7, 11) is 1.50. The largest absolute Gasteiger partial charge is 0.496 e. The summed E-state index contributed by atoms with van der Waals surface area (Å²) in [5.74, 6) is 0.689. The van der Waals surface area contributed by atoms with E-state index in [1.807, 2.05) is 0 Å². The normalized spacial score (nSPS) is 15.9. The Morgan fingerprint density at radius 1 is 1.50 bits per heavy atom. The van der Waals surface area contributed by atoms with E-state index in [2.05, 4.69) is 5.32 Å².